The highest BCUT2D eigenvalue weighted by Gasteiger charge is 2.27. The highest BCUT2D eigenvalue weighted by molar-refractivity contribution is 6.30. The summed E-state index contributed by atoms with van der Waals surface area (Å²) in [6.45, 7) is 4.62. The quantitative estimate of drug-likeness (QED) is 0.789. The fourth-order valence-corrected chi connectivity index (χ4v) is 2.80. The molecular formula is C18H18ClN5O2. The Morgan fingerprint density at radius 1 is 1.23 bits per heavy atom. The molecule has 1 fully saturated rings. The van der Waals surface area contributed by atoms with Gasteiger partial charge in [0.05, 0.1) is 17.4 Å². The summed E-state index contributed by atoms with van der Waals surface area (Å²) in [7, 11) is 0. The lowest BCUT2D eigenvalue weighted by atomic mass is 10.2. The molecule has 1 aliphatic heterocycles. The van der Waals surface area contributed by atoms with E-state index in [0.717, 1.165) is 6.42 Å². The summed E-state index contributed by atoms with van der Waals surface area (Å²) in [4.78, 5) is 33.9. The lowest BCUT2D eigenvalue weighted by Gasteiger charge is -2.17. The predicted octanol–water partition coefficient (Wildman–Crippen LogP) is 2.58. The third kappa shape index (κ3) is 4.37. The van der Waals surface area contributed by atoms with E-state index in [9.17, 15) is 9.59 Å². The van der Waals surface area contributed by atoms with Crippen molar-refractivity contribution in [1.29, 1.82) is 0 Å². The first-order valence-electron chi connectivity index (χ1n) is 8.12. The summed E-state index contributed by atoms with van der Waals surface area (Å²) in [5.41, 5.74) is 1.19. The third-order valence-electron chi connectivity index (χ3n) is 4.01. The minimum absolute atomic E-state index is 0.0482. The molecule has 1 atom stereocenters. The fourth-order valence-electron chi connectivity index (χ4n) is 2.70. The Kier molecular flexibility index (Phi) is 5.48. The molecule has 2 N–H and O–H groups in total. The van der Waals surface area contributed by atoms with Crippen LogP contribution < -0.4 is 10.6 Å². The lowest BCUT2D eigenvalue weighted by Crippen LogP contribution is -2.31. The molecular weight excluding hydrogens is 354 g/mol. The number of anilines is 2. The van der Waals surface area contributed by atoms with E-state index in [1.807, 2.05) is 0 Å². The SMILES string of the molecule is C=CC(=O)Nc1ccc(C(=O)N2CC[C@H](Nc3ncc(Cl)cn3)C2)cc1. The first-order chi connectivity index (χ1) is 12.5. The molecule has 0 bridgehead atoms. The summed E-state index contributed by atoms with van der Waals surface area (Å²) in [5.74, 6) is 0.158. The number of amides is 2. The maximum atomic E-state index is 12.6. The Morgan fingerprint density at radius 3 is 2.58 bits per heavy atom. The number of halogens is 1. The number of carbonyl (C=O) groups is 2. The van der Waals surface area contributed by atoms with Gasteiger partial charge >= 0.3 is 0 Å². The van der Waals surface area contributed by atoms with Crippen LogP contribution in [0.2, 0.25) is 5.02 Å². The van der Waals surface area contributed by atoms with Crippen molar-refractivity contribution in [1.82, 2.24) is 14.9 Å². The van der Waals surface area contributed by atoms with Gasteiger partial charge in [0, 0.05) is 30.4 Å². The van der Waals surface area contributed by atoms with Crippen molar-refractivity contribution in [2.45, 2.75) is 12.5 Å². The molecule has 1 aromatic heterocycles. The number of rotatable bonds is 5. The molecule has 1 aliphatic rings. The van der Waals surface area contributed by atoms with E-state index < -0.39 is 0 Å². The smallest absolute Gasteiger partial charge is 0.253 e. The Morgan fingerprint density at radius 2 is 1.92 bits per heavy atom. The molecule has 1 aromatic carbocycles. The highest BCUT2D eigenvalue weighted by atomic mass is 35.5. The van der Waals surface area contributed by atoms with Crippen molar-refractivity contribution in [3.63, 3.8) is 0 Å². The van der Waals surface area contributed by atoms with Crippen LogP contribution in [-0.2, 0) is 4.79 Å². The highest BCUT2D eigenvalue weighted by Crippen LogP contribution is 2.18. The molecule has 7 nitrogen and oxygen atoms in total. The number of nitrogens with one attached hydrogen (secondary N) is 2. The van der Waals surface area contributed by atoms with E-state index in [1.165, 1.54) is 18.5 Å². The van der Waals surface area contributed by atoms with Gasteiger partial charge in [-0.05, 0) is 36.8 Å². The van der Waals surface area contributed by atoms with E-state index >= 15 is 0 Å². The van der Waals surface area contributed by atoms with E-state index in [0.29, 0.717) is 35.3 Å². The molecule has 2 amide bonds. The van der Waals surface area contributed by atoms with Crippen LogP contribution in [0.25, 0.3) is 0 Å². The summed E-state index contributed by atoms with van der Waals surface area (Å²) in [6, 6.07) is 6.88. The number of carbonyl (C=O) groups excluding carboxylic acids is 2. The molecule has 0 spiro atoms. The summed E-state index contributed by atoms with van der Waals surface area (Å²) < 4.78 is 0. The number of nitrogens with zero attached hydrogens (tertiary/aromatic N) is 3. The first kappa shape index (κ1) is 17.9. The average molecular weight is 372 g/mol. The molecule has 26 heavy (non-hydrogen) atoms. The van der Waals surface area contributed by atoms with Crippen molar-refractivity contribution < 1.29 is 9.59 Å². The van der Waals surface area contributed by atoms with Gasteiger partial charge in [-0.15, -0.1) is 0 Å². The standard InChI is InChI=1S/C18H18ClN5O2/c1-2-16(25)22-14-5-3-12(4-6-14)17(26)24-8-7-15(11-24)23-18-20-9-13(19)10-21-18/h2-6,9-10,15H,1,7-8,11H2,(H,22,25)(H,20,21,23)/t15-/m0/s1. The van der Waals surface area contributed by atoms with Crippen LogP contribution in [0.15, 0.2) is 49.3 Å². The van der Waals surface area contributed by atoms with Crippen molar-refractivity contribution in [3.8, 4) is 0 Å². The van der Waals surface area contributed by atoms with Crippen molar-refractivity contribution in [2.24, 2.45) is 0 Å². The normalized spacial score (nSPS) is 16.2. The van der Waals surface area contributed by atoms with Gasteiger partial charge in [0.2, 0.25) is 11.9 Å². The van der Waals surface area contributed by atoms with E-state index in [1.54, 1.807) is 29.2 Å². The summed E-state index contributed by atoms with van der Waals surface area (Å²) >= 11 is 5.77. The third-order valence-corrected chi connectivity index (χ3v) is 4.21. The minimum Gasteiger partial charge on any atom is -0.350 e. The zero-order valence-corrected chi connectivity index (χ0v) is 14.7. The molecule has 0 aliphatic carbocycles. The van der Waals surface area contributed by atoms with Gasteiger partial charge in [-0.3, -0.25) is 9.59 Å². The van der Waals surface area contributed by atoms with Crippen molar-refractivity contribution in [2.75, 3.05) is 23.7 Å². The van der Waals surface area contributed by atoms with Crippen LogP contribution in [0.3, 0.4) is 0 Å². The molecule has 2 heterocycles. The second-order valence-corrected chi connectivity index (χ2v) is 6.31. The second-order valence-electron chi connectivity index (χ2n) is 5.88. The van der Waals surface area contributed by atoms with Gasteiger partial charge in [-0.25, -0.2) is 9.97 Å². The monoisotopic (exact) mass is 371 g/mol. The number of likely N-dealkylation sites (tertiary alicyclic amines) is 1. The Balaban J connectivity index is 1.57. The van der Waals surface area contributed by atoms with Gasteiger partial charge in [-0.1, -0.05) is 18.2 Å². The molecule has 3 rings (SSSR count). The lowest BCUT2D eigenvalue weighted by molar-refractivity contribution is -0.111. The zero-order chi connectivity index (χ0) is 18.5. The van der Waals surface area contributed by atoms with Crippen LogP contribution in [0.5, 0.6) is 0 Å². The molecule has 0 unspecified atom stereocenters. The van der Waals surface area contributed by atoms with E-state index in [-0.39, 0.29) is 17.9 Å². The van der Waals surface area contributed by atoms with E-state index in [2.05, 4.69) is 27.2 Å². The summed E-state index contributed by atoms with van der Waals surface area (Å²) in [6.07, 6.45) is 5.06. The maximum absolute atomic E-state index is 12.6. The maximum Gasteiger partial charge on any atom is 0.253 e. The topological polar surface area (TPSA) is 87.2 Å². The van der Waals surface area contributed by atoms with Gasteiger partial charge < -0.3 is 15.5 Å². The molecule has 0 radical (unpaired) electrons. The summed E-state index contributed by atoms with van der Waals surface area (Å²) in [5, 5.41) is 6.34. The number of hydrogen-bond acceptors (Lipinski definition) is 5. The number of hydrogen-bond donors (Lipinski definition) is 2. The van der Waals surface area contributed by atoms with Gasteiger partial charge in [0.25, 0.3) is 5.91 Å². The van der Waals surface area contributed by atoms with Gasteiger partial charge in [-0.2, -0.15) is 0 Å². The second kappa shape index (κ2) is 7.97. The van der Waals surface area contributed by atoms with Crippen LogP contribution in [-0.4, -0.2) is 45.8 Å². The zero-order valence-electron chi connectivity index (χ0n) is 14.0. The van der Waals surface area contributed by atoms with Crippen molar-refractivity contribution in [3.05, 3.63) is 59.9 Å². The van der Waals surface area contributed by atoms with Gasteiger partial charge in [0.15, 0.2) is 0 Å². The molecule has 2 aromatic rings. The Hall–Kier alpha value is -2.93. The van der Waals surface area contributed by atoms with Crippen LogP contribution in [0, 0.1) is 0 Å². The molecule has 0 saturated carbocycles. The minimum atomic E-state index is -0.290. The largest absolute Gasteiger partial charge is 0.350 e. The molecule has 134 valence electrons. The fraction of sp³-hybridized carbons (Fsp3) is 0.222. The Labute approximate surface area is 156 Å². The predicted molar refractivity (Wildman–Crippen MR) is 100 cm³/mol. The van der Waals surface area contributed by atoms with Crippen molar-refractivity contribution >= 4 is 35.1 Å². The van der Waals surface area contributed by atoms with Crippen LogP contribution in [0.1, 0.15) is 16.8 Å². The van der Waals surface area contributed by atoms with Crippen LogP contribution >= 0.6 is 11.6 Å². The molecule has 1 saturated heterocycles. The number of aromatic nitrogens is 2. The number of benzene rings is 1. The molecule has 8 heteroatoms. The van der Waals surface area contributed by atoms with Crippen LogP contribution in [0.4, 0.5) is 11.6 Å². The van der Waals surface area contributed by atoms with E-state index in [4.69, 9.17) is 11.6 Å². The average Bonchev–Trinajstić information content (AvgIpc) is 3.12. The van der Waals surface area contributed by atoms with Gasteiger partial charge in [0.1, 0.15) is 0 Å². The Bertz CT molecular complexity index is 807. The first-order valence-corrected chi connectivity index (χ1v) is 8.50.